The second kappa shape index (κ2) is 9.06. The number of amides is 1. The largest absolute Gasteiger partial charge is 0.452 e. The van der Waals surface area contributed by atoms with Crippen molar-refractivity contribution in [1.29, 1.82) is 0 Å². The highest BCUT2D eigenvalue weighted by molar-refractivity contribution is 6.30. The van der Waals surface area contributed by atoms with E-state index in [0.29, 0.717) is 6.07 Å². The van der Waals surface area contributed by atoms with Crippen LogP contribution in [0.5, 0.6) is 0 Å². The average Bonchev–Trinajstić information content (AvgIpc) is 2.84. The maximum atomic E-state index is 13.0. The van der Waals surface area contributed by atoms with Gasteiger partial charge in [-0.25, -0.2) is 4.79 Å². The predicted molar refractivity (Wildman–Crippen MR) is 117 cm³/mol. The first-order chi connectivity index (χ1) is 17.0. The van der Waals surface area contributed by atoms with Crippen molar-refractivity contribution in [3.63, 3.8) is 0 Å². The molecule has 9 nitrogen and oxygen atoms in total. The Hall–Kier alpha value is -4.87. The van der Waals surface area contributed by atoms with Gasteiger partial charge in [-0.05, 0) is 30.3 Å². The van der Waals surface area contributed by atoms with Crippen LogP contribution in [0.4, 0.5) is 24.5 Å². The van der Waals surface area contributed by atoms with Crippen LogP contribution >= 0.6 is 0 Å². The van der Waals surface area contributed by atoms with Crippen LogP contribution in [0.2, 0.25) is 0 Å². The zero-order valence-corrected chi connectivity index (χ0v) is 17.9. The van der Waals surface area contributed by atoms with Crippen LogP contribution in [0.15, 0.2) is 60.7 Å². The van der Waals surface area contributed by atoms with Crippen molar-refractivity contribution in [2.24, 2.45) is 0 Å². The molecule has 12 heteroatoms. The van der Waals surface area contributed by atoms with Gasteiger partial charge in [0, 0.05) is 22.4 Å². The Morgan fingerprint density at radius 2 is 1.58 bits per heavy atom. The number of carbonyl (C=O) groups excluding carboxylic acids is 4. The van der Waals surface area contributed by atoms with Gasteiger partial charge in [-0.2, -0.15) is 13.2 Å². The minimum absolute atomic E-state index is 0.0610. The lowest BCUT2D eigenvalue weighted by Gasteiger charge is -2.18. The van der Waals surface area contributed by atoms with Crippen LogP contribution in [0.1, 0.15) is 47.8 Å². The number of alkyl halides is 3. The number of esters is 1. The molecule has 0 spiro atoms. The number of halogens is 3. The Morgan fingerprint density at radius 3 is 2.22 bits per heavy atom. The van der Waals surface area contributed by atoms with E-state index in [1.165, 1.54) is 30.3 Å². The van der Waals surface area contributed by atoms with Crippen LogP contribution in [-0.2, 0) is 15.7 Å². The molecule has 4 rings (SSSR count). The summed E-state index contributed by atoms with van der Waals surface area (Å²) in [6.45, 7) is -0.987. The summed E-state index contributed by atoms with van der Waals surface area (Å²) < 4.78 is 43.3. The van der Waals surface area contributed by atoms with Gasteiger partial charge in [-0.3, -0.25) is 24.5 Å². The normalized spacial score (nSPS) is 12.4. The number of ketones is 2. The van der Waals surface area contributed by atoms with E-state index in [4.69, 9.17) is 4.74 Å². The number of fused-ring (bicyclic) bond motifs is 2. The molecule has 0 radical (unpaired) electrons. The Labute approximate surface area is 199 Å². The van der Waals surface area contributed by atoms with Crippen LogP contribution in [-0.4, -0.2) is 35.0 Å². The summed E-state index contributed by atoms with van der Waals surface area (Å²) in [7, 11) is 0. The number of nitro groups is 1. The standard InChI is InChI=1S/C24H13F3N2O7/c25-24(26,27)12-4-3-5-13(10-12)28-18(30)11-36-23(33)17-9-8-16-19(20(17)29(34)35)22(32)15-7-2-1-6-14(15)21(16)31/h1-10H,11H2,(H,28,30). The second-order valence-corrected chi connectivity index (χ2v) is 7.55. The first-order valence-corrected chi connectivity index (χ1v) is 10.1. The van der Waals surface area contributed by atoms with Gasteiger partial charge in [0.1, 0.15) is 11.1 Å². The number of rotatable bonds is 5. The summed E-state index contributed by atoms with van der Waals surface area (Å²) in [4.78, 5) is 61.2. The number of nitro benzene ring substituents is 1. The monoisotopic (exact) mass is 498 g/mol. The smallest absolute Gasteiger partial charge is 0.416 e. The van der Waals surface area contributed by atoms with Gasteiger partial charge in [-0.1, -0.05) is 30.3 Å². The fourth-order valence-electron chi connectivity index (χ4n) is 3.70. The Kier molecular flexibility index (Phi) is 6.10. The molecule has 3 aromatic rings. The third kappa shape index (κ3) is 4.43. The summed E-state index contributed by atoms with van der Waals surface area (Å²) in [5.41, 5.74) is -3.70. The maximum absolute atomic E-state index is 13.0. The van der Waals surface area contributed by atoms with E-state index in [1.807, 2.05) is 0 Å². The number of nitrogens with zero attached hydrogens (tertiary/aromatic N) is 1. The van der Waals surface area contributed by atoms with Crippen molar-refractivity contribution in [1.82, 2.24) is 0 Å². The molecule has 1 aliphatic rings. The zero-order chi connectivity index (χ0) is 26.2. The lowest BCUT2D eigenvalue weighted by molar-refractivity contribution is -0.385. The molecular weight excluding hydrogens is 485 g/mol. The topological polar surface area (TPSA) is 133 Å². The van der Waals surface area contributed by atoms with Gasteiger partial charge in [0.05, 0.1) is 10.5 Å². The van der Waals surface area contributed by atoms with Gasteiger partial charge >= 0.3 is 12.1 Å². The molecule has 0 unspecified atom stereocenters. The van der Waals surface area contributed by atoms with E-state index in [0.717, 1.165) is 24.3 Å². The van der Waals surface area contributed by atoms with Gasteiger partial charge < -0.3 is 10.1 Å². The molecule has 0 saturated heterocycles. The van der Waals surface area contributed by atoms with E-state index >= 15 is 0 Å². The van der Waals surface area contributed by atoms with Crippen molar-refractivity contribution >= 4 is 34.8 Å². The van der Waals surface area contributed by atoms with E-state index in [2.05, 4.69) is 5.32 Å². The molecule has 0 heterocycles. The number of hydrogen-bond acceptors (Lipinski definition) is 7. The van der Waals surface area contributed by atoms with Crippen molar-refractivity contribution < 1.29 is 42.0 Å². The number of nitrogens with one attached hydrogen (secondary N) is 1. The molecule has 1 amide bonds. The molecule has 1 aliphatic carbocycles. The highest BCUT2D eigenvalue weighted by Gasteiger charge is 2.39. The van der Waals surface area contributed by atoms with E-state index in [-0.39, 0.29) is 22.4 Å². The van der Waals surface area contributed by atoms with Crippen LogP contribution in [0.3, 0.4) is 0 Å². The highest BCUT2D eigenvalue weighted by Crippen LogP contribution is 2.36. The van der Waals surface area contributed by atoms with E-state index in [9.17, 15) is 42.5 Å². The first kappa shape index (κ1) is 24.3. The van der Waals surface area contributed by atoms with E-state index < -0.39 is 63.5 Å². The molecule has 0 aliphatic heterocycles. The summed E-state index contributed by atoms with van der Waals surface area (Å²) >= 11 is 0. The van der Waals surface area contributed by atoms with Gasteiger partial charge in [0.25, 0.3) is 11.6 Å². The summed E-state index contributed by atoms with van der Waals surface area (Å²) in [5.74, 6) is -3.82. The molecule has 182 valence electrons. The quantitative estimate of drug-likeness (QED) is 0.248. The molecule has 0 saturated carbocycles. The summed E-state index contributed by atoms with van der Waals surface area (Å²) in [6, 6.07) is 11.5. The maximum Gasteiger partial charge on any atom is 0.416 e. The number of ether oxygens (including phenoxy) is 1. The molecule has 36 heavy (non-hydrogen) atoms. The molecule has 1 N–H and O–H groups in total. The molecular formula is C24H13F3N2O7. The van der Waals surface area contributed by atoms with Gasteiger partial charge in [-0.15, -0.1) is 0 Å². The number of anilines is 1. The lowest BCUT2D eigenvalue weighted by atomic mass is 9.82. The fourth-order valence-corrected chi connectivity index (χ4v) is 3.70. The molecule has 3 aromatic carbocycles. The Balaban J connectivity index is 1.57. The zero-order valence-electron chi connectivity index (χ0n) is 17.9. The Bertz CT molecular complexity index is 1460. The van der Waals surface area contributed by atoms with Crippen molar-refractivity contribution in [3.05, 3.63) is 104 Å². The average molecular weight is 498 g/mol. The third-order valence-electron chi connectivity index (χ3n) is 5.28. The van der Waals surface area contributed by atoms with Crippen LogP contribution in [0, 0.1) is 10.1 Å². The Morgan fingerprint density at radius 1 is 0.917 bits per heavy atom. The first-order valence-electron chi connectivity index (χ1n) is 10.1. The molecule has 0 fully saturated rings. The van der Waals surface area contributed by atoms with Crippen molar-refractivity contribution in [3.8, 4) is 0 Å². The summed E-state index contributed by atoms with van der Waals surface area (Å²) in [6.07, 6.45) is -4.64. The third-order valence-corrected chi connectivity index (χ3v) is 5.28. The number of hydrogen-bond donors (Lipinski definition) is 1. The second-order valence-electron chi connectivity index (χ2n) is 7.55. The number of carbonyl (C=O) groups is 4. The minimum atomic E-state index is -4.64. The molecule has 0 atom stereocenters. The molecule has 0 aromatic heterocycles. The van der Waals surface area contributed by atoms with Crippen LogP contribution in [0.25, 0.3) is 0 Å². The lowest BCUT2D eigenvalue weighted by Crippen LogP contribution is -2.25. The van der Waals surface area contributed by atoms with Crippen molar-refractivity contribution in [2.45, 2.75) is 6.18 Å². The fraction of sp³-hybridized carbons (Fsp3) is 0.0833. The van der Waals surface area contributed by atoms with Crippen LogP contribution < -0.4 is 5.32 Å². The number of benzene rings is 3. The van der Waals surface area contributed by atoms with Crippen molar-refractivity contribution in [2.75, 3.05) is 11.9 Å². The highest BCUT2D eigenvalue weighted by atomic mass is 19.4. The van der Waals surface area contributed by atoms with E-state index in [1.54, 1.807) is 0 Å². The SMILES string of the molecule is O=C(COC(=O)c1ccc2c(c1[N+](=O)[O-])C(=O)c1ccccc1C2=O)Nc1cccc(C(F)(F)F)c1. The minimum Gasteiger partial charge on any atom is -0.452 e. The molecule has 0 bridgehead atoms. The predicted octanol–water partition coefficient (Wildman–Crippen LogP) is 4.18. The van der Waals surface area contributed by atoms with Gasteiger partial charge in [0.15, 0.2) is 12.4 Å². The van der Waals surface area contributed by atoms with Gasteiger partial charge in [0.2, 0.25) is 5.78 Å². The summed E-state index contributed by atoms with van der Waals surface area (Å²) in [5, 5.41) is 13.9.